The van der Waals surface area contributed by atoms with E-state index < -0.39 is 0 Å². The molecule has 6 nitrogen and oxygen atoms in total. The number of piperazine rings is 1. The highest BCUT2D eigenvalue weighted by atomic mass is 16.5. The fraction of sp³-hybridized carbons (Fsp3) is 0.692. The number of H-pyrrole nitrogens is 1. The molecule has 1 aliphatic rings. The molecule has 2 atom stereocenters. The van der Waals surface area contributed by atoms with Crippen molar-refractivity contribution in [1.29, 1.82) is 0 Å². The smallest absolute Gasteiger partial charge is 0.225 e. The van der Waals surface area contributed by atoms with Crippen molar-refractivity contribution in [3.05, 3.63) is 18.2 Å². The number of carbonyl (C=O) groups is 1. The normalized spacial score (nSPS) is 22.5. The van der Waals surface area contributed by atoms with E-state index in [0.717, 1.165) is 18.9 Å². The molecule has 0 aromatic carbocycles. The molecule has 0 aliphatic carbocycles. The lowest BCUT2D eigenvalue weighted by Gasteiger charge is -2.38. The molecule has 106 valence electrons. The Balaban J connectivity index is 1.99. The van der Waals surface area contributed by atoms with E-state index in [2.05, 4.69) is 21.9 Å². The summed E-state index contributed by atoms with van der Waals surface area (Å²) in [5.74, 6) is 1.07. The van der Waals surface area contributed by atoms with Gasteiger partial charge in [0.15, 0.2) is 0 Å². The van der Waals surface area contributed by atoms with Crippen molar-refractivity contribution in [3.8, 4) is 0 Å². The molecule has 0 unspecified atom stereocenters. The van der Waals surface area contributed by atoms with Gasteiger partial charge in [0.05, 0.1) is 18.6 Å². The van der Waals surface area contributed by atoms with Crippen LogP contribution in [-0.4, -0.2) is 65.6 Å². The van der Waals surface area contributed by atoms with Crippen LogP contribution in [0.3, 0.4) is 0 Å². The van der Waals surface area contributed by atoms with Crippen LogP contribution in [0.1, 0.15) is 25.2 Å². The Kier molecular flexibility index (Phi) is 4.55. The van der Waals surface area contributed by atoms with Gasteiger partial charge in [-0.15, -0.1) is 0 Å². The van der Waals surface area contributed by atoms with Crippen molar-refractivity contribution in [3.63, 3.8) is 0 Å². The average Bonchev–Trinajstić information content (AvgIpc) is 2.92. The predicted molar refractivity (Wildman–Crippen MR) is 71.6 cm³/mol. The topological polar surface area (TPSA) is 61.5 Å². The maximum Gasteiger partial charge on any atom is 0.225 e. The van der Waals surface area contributed by atoms with Crippen LogP contribution in [0.5, 0.6) is 0 Å². The predicted octanol–water partition coefficient (Wildman–Crippen LogP) is 0.650. The van der Waals surface area contributed by atoms with Gasteiger partial charge in [-0.3, -0.25) is 9.69 Å². The third-order valence-corrected chi connectivity index (χ3v) is 3.70. The summed E-state index contributed by atoms with van der Waals surface area (Å²) in [7, 11) is 3.69. The lowest BCUT2D eigenvalue weighted by molar-refractivity contribution is -0.136. The molecule has 1 aromatic rings. The molecule has 2 rings (SSSR count). The Bertz CT molecular complexity index is 407. The van der Waals surface area contributed by atoms with Crippen LogP contribution in [0.25, 0.3) is 0 Å². The van der Waals surface area contributed by atoms with E-state index in [9.17, 15) is 4.79 Å². The summed E-state index contributed by atoms with van der Waals surface area (Å²) < 4.78 is 5.16. The van der Waals surface area contributed by atoms with Gasteiger partial charge < -0.3 is 14.6 Å². The second kappa shape index (κ2) is 6.16. The first kappa shape index (κ1) is 14.0. The maximum absolute atomic E-state index is 12.2. The van der Waals surface area contributed by atoms with E-state index in [0.29, 0.717) is 13.0 Å². The summed E-state index contributed by atoms with van der Waals surface area (Å²) in [6.45, 7) is 4.22. The van der Waals surface area contributed by atoms with Crippen LogP contribution in [0.4, 0.5) is 0 Å². The molecule has 1 fully saturated rings. The minimum absolute atomic E-state index is 0.0331. The third kappa shape index (κ3) is 3.33. The number of imidazole rings is 1. The van der Waals surface area contributed by atoms with E-state index in [-0.39, 0.29) is 18.1 Å². The Morgan fingerprint density at radius 2 is 2.42 bits per heavy atom. The molecular weight excluding hydrogens is 244 g/mol. The molecule has 2 heterocycles. The third-order valence-electron chi connectivity index (χ3n) is 3.70. The van der Waals surface area contributed by atoms with Gasteiger partial charge in [0, 0.05) is 39.1 Å². The van der Waals surface area contributed by atoms with Crippen molar-refractivity contribution in [2.75, 3.05) is 33.8 Å². The summed E-state index contributed by atoms with van der Waals surface area (Å²) in [6, 6.07) is 0.144. The number of aromatic amines is 1. The Morgan fingerprint density at radius 3 is 3.05 bits per heavy atom. The summed E-state index contributed by atoms with van der Waals surface area (Å²) in [5.41, 5.74) is 0. The first-order valence-electron chi connectivity index (χ1n) is 6.62. The first-order chi connectivity index (χ1) is 9.11. The number of likely N-dealkylation sites (N-methyl/N-ethyl adjacent to an activating group) is 1. The molecule has 19 heavy (non-hydrogen) atoms. The zero-order chi connectivity index (χ0) is 13.8. The van der Waals surface area contributed by atoms with Gasteiger partial charge in [0.2, 0.25) is 5.91 Å². The van der Waals surface area contributed by atoms with Crippen LogP contribution in [0, 0.1) is 0 Å². The van der Waals surface area contributed by atoms with Crippen LogP contribution in [-0.2, 0) is 9.53 Å². The van der Waals surface area contributed by atoms with Crippen molar-refractivity contribution in [2.24, 2.45) is 0 Å². The number of carbonyl (C=O) groups excluding carboxylic acids is 1. The SMILES string of the molecule is CO[C@@H](C)CC(=O)N1CCN(C)[C@@H](c2ncc[nH]2)C1. The summed E-state index contributed by atoms with van der Waals surface area (Å²) >= 11 is 0. The number of ether oxygens (including phenoxy) is 1. The van der Waals surface area contributed by atoms with E-state index in [1.54, 1.807) is 13.3 Å². The number of methoxy groups -OCH3 is 1. The minimum atomic E-state index is -0.0331. The van der Waals surface area contributed by atoms with Crippen LogP contribution in [0.15, 0.2) is 12.4 Å². The molecule has 1 aliphatic heterocycles. The summed E-state index contributed by atoms with van der Waals surface area (Å²) in [5, 5.41) is 0. The maximum atomic E-state index is 12.2. The van der Waals surface area contributed by atoms with Crippen molar-refractivity contribution < 1.29 is 9.53 Å². The highest BCUT2D eigenvalue weighted by molar-refractivity contribution is 5.76. The Hall–Kier alpha value is -1.40. The van der Waals surface area contributed by atoms with Crippen molar-refractivity contribution in [2.45, 2.75) is 25.5 Å². The largest absolute Gasteiger partial charge is 0.381 e. The second-order valence-corrected chi connectivity index (χ2v) is 5.06. The van der Waals surface area contributed by atoms with E-state index >= 15 is 0 Å². The summed E-state index contributed by atoms with van der Waals surface area (Å²) in [4.78, 5) is 23.8. The number of aromatic nitrogens is 2. The molecule has 1 amide bonds. The van der Waals surface area contributed by atoms with Gasteiger partial charge in [-0.25, -0.2) is 4.98 Å². The molecule has 0 spiro atoms. The Morgan fingerprint density at radius 1 is 1.63 bits per heavy atom. The number of nitrogens with one attached hydrogen (secondary N) is 1. The standard InChI is InChI=1S/C13H22N4O2/c1-10(19-3)8-12(18)17-7-6-16(2)11(9-17)13-14-4-5-15-13/h4-5,10-11H,6-9H2,1-3H3,(H,14,15)/t10-,11+/m0/s1. The van der Waals surface area contributed by atoms with Crippen LogP contribution >= 0.6 is 0 Å². The molecular formula is C13H22N4O2. The zero-order valence-corrected chi connectivity index (χ0v) is 11.8. The highest BCUT2D eigenvalue weighted by Gasteiger charge is 2.30. The number of nitrogens with zero attached hydrogens (tertiary/aromatic N) is 3. The monoisotopic (exact) mass is 266 g/mol. The average molecular weight is 266 g/mol. The molecule has 6 heteroatoms. The van der Waals surface area contributed by atoms with Crippen LogP contribution < -0.4 is 0 Å². The first-order valence-corrected chi connectivity index (χ1v) is 6.62. The van der Waals surface area contributed by atoms with Gasteiger partial charge in [-0.2, -0.15) is 0 Å². The van der Waals surface area contributed by atoms with Gasteiger partial charge in [0.1, 0.15) is 5.82 Å². The highest BCUT2D eigenvalue weighted by Crippen LogP contribution is 2.21. The second-order valence-electron chi connectivity index (χ2n) is 5.06. The minimum Gasteiger partial charge on any atom is -0.381 e. The molecule has 1 aromatic heterocycles. The quantitative estimate of drug-likeness (QED) is 0.869. The van der Waals surface area contributed by atoms with Crippen molar-refractivity contribution in [1.82, 2.24) is 19.8 Å². The number of hydrogen-bond acceptors (Lipinski definition) is 4. The number of hydrogen-bond donors (Lipinski definition) is 1. The zero-order valence-electron chi connectivity index (χ0n) is 11.8. The lowest BCUT2D eigenvalue weighted by atomic mass is 10.1. The Labute approximate surface area is 113 Å². The fourth-order valence-corrected chi connectivity index (χ4v) is 2.31. The van der Waals surface area contributed by atoms with E-state index in [1.807, 2.05) is 18.0 Å². The van der Waals surface area contributed by atoms with Crippen molar-refractivity contribution >= 4 is 5.91 Å². The molecule has 0 bridgehead atoms. The van der Waals surface area contributed by atoms with Crippen LogP contribution in [0.2, 0.25) is 0 Å². The van der Waals surface area contributed by atoms with Gasteiger partial charge in [-0.05, 0) is 14.0 Å². The number of amides is 1. The molecule has 1 N–H and O–H groups in total. The molecule has 0 radical (unpaired) electrons. The van der Waals surface area contributed by atoms with Gasteiger partial charge in [-0.1, -0.05) is 0 Å². The lowest BCUT2D eigenvalue weighted by Crippen LogP contribution is -2.49. The summed E-state index contributed by atoms with van der Waals surface area (Å²) in [6.07, 6.45) is 3.97. The van der Waals surface area contributed by atoms with E-state index in [1.165, 1.54) is 0 Å². The van der Waals surface area contributed by atoms with Gasteiger partial charge >= 0.3 is 0 Å². The fourth-order valence-electron chi connectivity index (χ4n) is 2.31. The molecule has 1 saturated heterocycles. The van der Waals surface area contributed by atoms with E-state index in [4.69, 9.17) is 4.74 Å². The number of rotatable bonds is 4. The molecule has 0 saturated carbocycles. The van der Waals surface area contributed by atoms with Gasteiger partial charge in [0.25, 0.3) is 0 Å².